The molecule has 0 amide bonds. The molecule has 66 valence electrons. The van der Waals surface area contributed by atoms with Gasteiger partial charge in [-0.1, -0.05) is 12.2 Å². The normalized spacial score (nSPS) is 12.8. The number of thiocarbonyl (C=S) groups is 1. The van der Waals surface area contributed by atoms with Gasteiger partial charge in [0.25, 0.3) is 0 Å². The van der Waals surface area contributed by atoms with Gasteiger partial charge in [-0.2, -0.15) is 5.10 Å². The molecule has 0 radical (unpaired) electrons. The van der Waals surface area contributed by atoms with Crippen molar-refractivity contribution in [1.82, 2.24) is 9.78 Å². The second kappa shape index (κ2) is 3.67. The van der Waals surface area contributed by atoms with Crippen LogP contribution >= 0.6 is 12.2 Å². The van der Waals surface area contributed by atoms with E-state index < -0.39 is 0 Å². The van der Waals surface area contributed by atoms with Gasteiger partial charge in [0.15, 0.2) is 0 Å². The molecule has 0 aromatic carbocycles. The van der Waals surface area contributed by atoms with Crippen LogP contribution in [0.3, 0.4) is 0 Å². The van der Waals surface area contributed by atoms with Gasteiger partial charge < -0.3 is 5.73 Å². The summed E-state index contributed by atoms with van der Waals surface area (Å²) in [5.41, 5.74) is 6.59. The molecule has 1 unspecified atom stereocenters. The van der Waals surface area contributed by atoms with E-state index in [0.717, 1.165) is 5.56 Å². The zero-order chi connectivity index (χ0) is 9.14. The minimum absolute atomic E-state index is 0.260. The first-order valence-corrected chi connectivity index (χ1v) is 4.29. The van der Waals surface area contributed by atoms with E-state index in [0.29, 0.717) is 11.4 Å². The molecule has 0 spiro atoms. The average Bonchev–Trinajstić information content (AvgIpc) is 2.34. The maximum atomic E-state index is 5.43. The van der Waals surface area contributed by atoms with Crippen LogP contribution in [0, 0.1) is 6.92 Å². The molecule has 1 heterocycles. The first-order valence-electron chi connectivity index (χ1n) is 3.88. The van der Waals surface area contributed by atoms with Gasteiger partial charge in [-0.15, -0.1) is 0 Å². The Morgan fingerprint density at radius 2 is 2.50 bits per heavy atom. The van der Waals surface area contributed by atoms with Crippen molar-refractivity contribution in [3.05, 3.63) is 18.0 Å². The number of rotatable bonds is 3. The van der Waals surface area contributed by atoms with Gasteiger partial charge in [0.2, 0.25) is 0 Å². The summed E-state index contributed by atoms with van der Waals surface area (Å²) in [6, 6.07) is 0.260. The largest absolute Gasteiger partial charge is 0.393 e. The summed E-state index contributed by atoms with van der Waals surface area (Å²) >= 11 is 4.82. The molecule has 1 rings (SSSR count). The van der Waals surface area contributed by atoms with Crippen molar-refractivity contribution in [2.24, 2.45) is 5.73 Å². The third-order valence-electron chi connectivity index (χ3n) is 1.68. The Bertz CT molecular complexity index is 280. The maximum absolute atomic E-state index is 5.43. The number of aromatic nitrogens is 2. The van der Waals surface area contributed by atoms with Gasteiger partial charge in [0.05, 0.1) is 17.2 Å². The molecular formula is C8H13N3S. The van der Waals surface area contributed by atoms with Gasteiger partial charge in [-0.05, 0) is 19.4 Å². The van der Waals surface area contributed by atoms with Crippen molar-refractivity contribution in [2.75, 3.05) is 0 Å². The summed E-state index contributed by atoms with van der Waals surface area (Å²) in [4.78, 5) is 0.538. The van der Waals surface area contributed by atoms with Crippen LogP contribution in [0.2, 0.25) is 0 Å². The van der Waals surface area contributed by atoms with E-state index in [1.807, 2.05) is 30.9 Å². The summed E-state index contributed by atoms with van der Waals surface area (Å²) in [5, 5.41) is 4.17. The maximum Gasteiger partial charge on any atom is 0.0748 e. The van der Waals surface area contributed by atoms with Gasteiger partial charge in [-0.25, -0.2) is 0 Å². The van der Waals surface area contributed by atoms with Crippen LogP contribution in [0.5, 0.6) is 0 Å². The predicted molar refractivity (Wildman–Crippen MR) is 53.1 cm³/mol. The van der Waals surface area contributed by atoms with Crippen LogP contribution in [0.4, 0.5) is 0 Å². The minimum Gasteiger partial charge on any atom is -0.393 e. The molecular weight excluding hydrogens is 170 g/mol. The van der Waals surface area contributed by atoms with E-state index in [2.05, 4.69) is 5.10 Å². The third kappa shape index (κ3) is 2.30. The summed E-state index contributed by atoms with van der Waals surface area (Å²) in [5.74, 6) is 0. The van der Waals surface area contributed by atoms with Crippen molar-refractivity contribution in [2.45, 2.75) is 26.3 Å². The summed E-state index contributed by atoms with van der Waals surface area (Å²) < 4.78 is 1.88. The summed E-state index contributed by atoms with van der Waals surface area (Å²) in [6.07, 6.45) is 4.52. The molecule has 1 aromatic rings. The zero-order valence-corrected chi connectivity index (χ0v) is 8.14. The van der Waals surface area contributed by atoms with Crippen molar-refractivity contribution in [3.8, 4) is 0 Å². The van der Waals surface area contributed by atoms with Gasteiger partial charge in [-0.3, -0.25) is 4.68 Å². The monoisotopic (exact) mass is 183 g/mol. The molecule has 0 aliphatic rings. The predicted octanol–water partition coefficient (Wildman–Crippen LogP) is 1.43. The SMILES string of the molecule is Cc1cnn(C(C)CC(N)=S)c1. The lowest BCUT2D eigenvalue weighted by molar-refractivity contribution is 0.507. The Labute approximate surface area is 77.6 Å². The van der Waals surface area contributed by atoms with Crippen molar-refractivity contribution in [1.29, 1.82) is 0 Å². The highest BCUT2D eigenvalue weighted by Gasteiger charge is 2.05. The number of aryl methyl sites for hydroxylation is 1. The molecule has 1 aromatic heterocycles. The fourth-order valence-corrected chi connectivity index (χ4v) is 1.30. The van der Waals surface area contributed by atoms with Crippen LogP contribution < -0.4 is 5.73 Å². The molecule has 0 saturated heterocycles. The van der Waals surface area contributed by atoms with Gasteiger partial charge in [0, 0.05) is 12.6 Å². The van der Waals surface area contributed by atoms with Crippen molar-refractivity contribution >= 4 is 17.2 Å². The smallest absolute Gasteiger partial charge is 0.0748 e. The van der Waals surface area contributed by atoms with Crippen LogP contribution in [0.25, 0.3) is 0 Å². The third-order valence-corrected chi connectivity index (χ3v) is 1.85. The Morgan fingerprint density at radius 1 is 1.83 bits per heavy atom. The standard InChI is InChI=1S/C8H13N3S/c1-6-4-10-11(5-6)7(2)3-8(9)12/h4-5,7H,3H2,1-2H3,(H2,9,12). The average molecular weight is 183 g/mol. The van der Waals surface area contributed by atoms with Crippen LogP contribution in [-0.4, -0.2) is 14.8 Å². The van der Waals surface area contributed by atoms with E-state index in [4.69, 9.17) is 18.0 Å². The topological polar surface area (TPSA) is 43.8 Å². The molecule has 0 aliphatic heterocycles. The molecule has 0 aliphatic carbocycles. The lowest BCUT2D eigenvalue weighted by Crippen LogP contribution is -2.15. The second-order valence-corrected chi connectivity index (χ2v) is 3.54. The molecule has 0 saturated carbocycles. The van der Waals surface area contributed by atoms with Crippen LogP contribution in [0.15, 0.2) is 12.4 Å². The second-order valence-electron chi connectivity index (χ2n) is 3.02. The fourth-order valence-electron chi connectivity index (χ4n) is 1.06. The highest BCUT2D eigenvalue weighted by Crippen LogP contribution is 2.09. The summed E-state index contributed by atoms with van der Waals surface area (Å²) in [7, 11) is 0. The van der Waals surface area contributed by atoms with Crippen LogP contribution in [-0.2, 0) is 0 Å². The lowest BCUT2D eigenvalue weighted by atomic mass is 10.2. The van der Waals surface area contributed by atoms with E-state index >= 15 is 0 Å². The molecule has 12 heavy (non-hydrogen) atoms. The molecule has 1 atom stereocenters. The number of hydrogen-bond acceptors (Lipinski definition) is 2. The minimum atomic E-state index is 0.260. The Morgan fingerprint density at radius 3 is 2.92 bits per heavy atom. The molecule has 2 N–H and O–H groups in total. The quantitative estimate of drug-likeness (QED) is 0.721. The fraction of sp³-hybridized carbons (Fsp3) is 0.500. The van der Waals surface area contributed by atoms with Gasteiger partial charge in [0.1, 0.15) is 0 Å². The molecule has 0 bridgehead atoms. The number of nitrogens with two attached hydrogens (primary N) is 1. The van der Waals surface area contributed by atoms with E-state index in [1.54, 1.807) is 0 Å². The number of nitrogens with zero attached hydrogens (tertiary/aromatic N) is 2. The van der Waals surface area contributed by atoms with Crippen molar-refractivity contribution in [3.63, 3.8) is 0 Å². The van der Waals surface area contributed by atoms with E-state index in [1.165, 1.54) is 0 Å². The first-order chi connectivity index (χ1) is 5.59. The molecule has 3 nitrogen and oxygen atoms in total. The van der Waals surface area contributed by atoms with Gasteiger partial charge >= 0.3 is 0 Å². The lowest BCUT2D eigenvalue weighted by Gasteiger charge is -2.09. The highest BCUT2D eigenvalue weighted by atomic mass is 32.1. The van der Waals surface area contributed by atoms with Crippen molar-refractivity contribution < 1.29 is 0 Å². The first kappa shape index (κ1) is 9.19. The molecule has 0 fully saturated rings. The Kier molecular flexibility index (Phi) is 2.81. The van der Waals surface area contributed by atoms with E-state index in [9.17, 15) is 0 Å². The zero-order valence-electron chi connectivity index (χ0n) is 7.32. The Balaban J connectivity index is 2.64. The number of hydrogen-bond donors (Lipinski definition) is 1. The van der Waals surface area contributed by atoms with E-state index in [-0.39, 0.29) is 6.04 Å². The van der Waals surface area contributed by atoms with Crippen LogP contribution in [0.1, 0.15) is 24.9 Å². The Hall–Kier alpha value is -0.900. The summed E-state index contributed by atoms with van der Waals surface area (Å²) in [6.45, 7) is 4.06. The highest BCUT2D eigenvalue weighted by molar-refractivity contribution is 7.80. The molecule has 4 heteroatoms.